The molecule has 0 saturated heterocycles. The Morgan fingerprint density at radius 2 is 2.50 bits per heavy atom. The van der Waals surface area contributed by atoms with Crippen LogP contribution in [0.4, 0.5) is 0 Å². The van der Waals surface area contributed by atoms with Gasteiger partial charge in [0.25, 0.3) is 0 Å². The number of hydrogen-bond acceptors (Lipinski definition) is 2. The summed E-state index contributed by atoms with van der Waals surface area (Å²) in [6.07, 6.45) is 0. The molecule has 0 spiro atoms. The number of nitrogens with zero attached hydrogens (tertiary/aromatic N) is 1. The second kappa shape index (κ2) is 4.29. The molecule has 0 amide bonds. The van der Waals surface area contributed by atoms with Crippen molar-refractivity contribution in [3.63, 3.8) is 0 Å². The van der Waals surface area contributed by atoms with Gasteiger partial charge in [0.1, 0.15) is 5.55 Å². The van der Waals surface area contributed by atoms with E-state index in [2.05, 4.69) is 10.5 Å². The quantitative estimate of drug-likeness (QED) is 0.526. The third-order valence-electron chi connectivity index (χ3n) is 0.434. The molecule has 0 N–H and O–H groups in total. The van der Waals surface area contributed by atoms with Crippen LogP contribution in [0.1, 0.15) is 0 Å². The summed E-state index contributed by atoms with van der Waals surface area (Å²) in [6, 6.07) is 0. The third kappa shape index (κ3) is 2.32. The molecule has 0 bridgehead atoms. The predicted octanol–water partition coefficient (Wildman–Crippen LogP) is 0.636. The van der Waals surface area contributed by atoms with Crippen molar-refractivity contribution in [2.24, 2.45) is 4.99 Å². The fourth-order valence-electron chi connectivity index (χ4n) is 0.228. The Hall–Kier alpha value is 1.12. The van der Waals surface area contributed by atoms with E-state index in [4.69, 9.17) is 0 Å². The Bertz CT molecular complexity index is 48.8. The minimum Gasteiger partial charge on any atom is -0.275 e. The van der Waals surface area contributed by atoms with E-state index in [9.17, 15) is 0 Å². The first-order valence-electron chi connectivity index (χ1n) is 1.53. The summed E-state index contributed by atoms with van der Waals surface area (Å²) in [7, 11) is 0. The summed E-state index contributed by atoms with van der Waals surface area (Å²) < 4.78 is 0. The zero-order chi connectivity index (χ0) is 3.54. The van der Waals surface area contributed by atoms with Crippen molar-refractivity contribution in [3.8, 4) is 0 Å². The molecule has 0 aromatic rings. The van der Waals surface area contributed by atoms with Gasteiger partial charge in [-0.1, -0.05) is 0 Å². The van der Waals surface area contributed by atoms with Gasteiger partial charge >= 0.3 is 0 Å². The van der Waals surface area contributed by atoms with Crippen molar-refractivity contribution in [2.45, 2.75) is 0 Å². The molecular weight excluding hydrogens is 171 g/mol. The summed E-state index contributed by atoms with van der Waals surface area (Å²) in [5, 5.41) is 0. The molecule has 1 aliphatic heterocycles. The van der Waals surface area contributed by atoms with Crippen molar-refractivity contribution >= 4 is 17.3 Å². The van der Waals surface area contributed by atoms with Crippen molar-refractivity contribution < 1.29 is 32.7 Å². The van der Waals surface area contributed by atoms with Crippen LogP contribution in [0, 0.1) is 0 Å². The molecule has 0 aliphatic carbocycles. The number of hydrogen-bond donors (Lipinski definition) is 0. The van der Waals surface area contributed by atoms with Gasteiger partial charge < -0.3 is 0 Å². The number of thioether (sulfide) groups is 1. The maximum atomic E-state index is 3.80. The van der Waals surface area contributed by atoms with Crippen LogP contribution >= 0.6 is 11.8 Å². The topological polar surface area (TPSA) is 12.4 Å². The fourth-order valence-corrected chi connectivity index (χ4v) is 0.685. The van der Waals surface area contributed by atoms with Gasteiger partial charge in [0.05, 0.1) is 0 Å². The summed E-state index contributed by atoms with van der Waals surface area (Å²) in [4.78, 5) is 3.80. The van der Waals surface area contributed by atoms with Crippen molar-refractivity contribution in [1.29, 1.82) is 0 Å². The first kappa shape index (κ1) is 7.12. The van der Waals surface area contributed by atoms with Crippen LogP contribution in [-0.2, 0) is 32.7 Å². The Labute approximate surface area is 66.9 Å². The maximum absolute atomic E-state index is 3.80. The van der Waals surface area contributed by atoms with Gasteiger partial charge in [-0.05, 0) is 0 Å². The van der Waals surface area contributed by atoms with Gasteiger partial charge in [0.15, 0.2) is 0 Å². The molecule has 0 fully saturated rings. The van der Waals surface area contributed by atoms with Gasteiger partial charge in [0, 0.05) is 45.0 Å². The molecule has 0 saturated carbocycles. The minimum atomic E-state index is 0. The Balaban J connectivity index is 0.000000250. The molecule has 1 aliphatic rings. The van der Waals surface area contributed by atoms with Gasteiger partial charge in [0.2, 0.25) is 0 Å². The Kier molecular flexibility index (Phi) is 5.09. The average Bonchev–Trinajstić information content (AvgIpc) is 1.76. The normalized spacial score (nSPS) is 17.3. The van der Waals surface area contributed by atoms with Crippen LogP contribution in [-0.4, -0.2) is 17.8 Å². The van der Waals surface area contributed by atoms with Crippen LogP contribution < -0.4 is 0 Å². The van der Waals surface area contributed by atoms with Gasteiger partial charge in [-0.25, -0.2) is 0 Å². The molecule has 3 heteroatoms. The van der Waals surface area contributed by atoms with E-state index in [-0.39, 0.29) is 32.7 Å². The van der Waals surface area contributed by atoms with E-state index < -0.39 is 0 Å². The van der Waals surface area contributed by atoms with Crippen LogP contribution in [0.5, 0.6) is 0 Å². The largest absolute Gasteiger partial charge is 0.275 e. The Morgan fingerprint density at radius 3 is 2.67 bits per heavy atom. The molecule has 1 heterocycles. The Morgan fingerprint density at radius 1 is 1.67 bits per heavy atom. The predicted molar refractivity (Wildman–Crippen MR) is 24.8 cm³/mol. The molecule has 0 aromatic heterocycles. The zero-order valence-electron chi connectivity index (χ0n) is 3.35. The average molecular weight is 175 g/mol. The minimum absolute atomic E-state index is 0. The van der Waals surface area contributed by atoms with Crippen LogP contribution in [0.2, 0.25) is 0 Å². The van der Waals surface area contributed by atoms with E-state index in [0.717, 1.165) is 12.3 Å². The maximum Gasteiger partial charge on any atom is 0.122 e. The van der Waals surface area contributed by atoms with E-state index in [1.807, 2.05) is 0 Å². The number of rotatable bonds is 0. The summed E-state index contributed by atoms with van der Waals surface area (Å²) in [5.74, 6) is 1.14. The first-order chi connectivity index (χ1) is 2.50. The summed E-state index contributed by atoms with van der Waals surface area (Å²) in [6.45, 7) is 0.977. The van der Waals surface area contributed by atoms with E-state index in [1.54, 1.807) is 11.8 Å². The van der Waals surface area contributed by atoms with Gasteiger partial charge in [-0.15, -0.1) is 11.8 Å². The van der Waals surface area contributed by atoms with Crippen LogP contribution in [0.15, 0.2) is 4.99 Å². The first-order valence-corrected chi connectivity index (χ1v) is 2.52. The molecule has 0 aromatic carbocycles. The van der Waals surface area contributed by atoms with E-state index >= 15 is 0 Å². The molecule has 6 heavy (non-hydrogen) atoms. The van der Waals surface area contributed by atoms with Crippen molar-refractivity contribution in [2.75, 3.05) is 12.3 Å². The summed E-state index contributed by atoms with van der Waals surface area (Å²) >= 11 is 1.66. The third-order valence-corrected chi connectivity index (χ3v) is 1.08. The zero-order valence-corrected chi connectivity index (χ0v) is 7.00. The van der Waals surface area contributed by atoms with Crippen molar-refractivity contribution in [3.05, 3.63) is 0 Å². The molecule has 1 rings (SSSR count). The SMILES string of the molecule is [C]1=NCCS1.[Y]. The van der Waals surface area contributed by atoms with Gasteiger partial charge in [-0.2, -0.15) is 0 Å². The standard InChI is InChI=1S/C3H4NS.Y/c1-2-5-3-4-1;/h1-2H2;. The van der Waals surface area contributed by atoms with Crippen LogP contribution in [0.3, 0.4) is 0 Å². The molecular formula is C3H4NSY. The van der Waals surface area contributed by atoms with E-state index in [1.165, 1.54) is 0 Å². The monoisotopic (exact) mass is 175 g/mol. The number of aliphatic imine (C=N–C) groups is 1. The van der Waals surface area contributed by atoms with E-state index in [0.29, 0.717) is 0 Å². The molecule has 0 unspecified atom stereocenters. The fraction of sp³-hybridized carbons (Fsp3) is 0.667. The second-order valence-electron chi connectivity index (χ2n) is 0.821. The smallest absolute Gasteiger partial charge is 0.122 e. The molecule has 0 atom stereocenters. The van der Waals surface area contributed by atoms with Gasteiger partial charge in [-0.3, -0.25) is 4.99 Å². The molecule has 2 radical (unpaired) electrons. The summed E-state index contributed by atoms with van der Waals surface area (Å²) in [5.41, 5.74) is 2.76. The van der Waals surface area contributed by atoms with Crippen LogP contribution in [0.25, 0.3) is 0 Å². The van der Waals surface area contributed by atoms with Crippen molar-refractivity contribution in [1.82, 2.24) is 0 Å². The molecule has 30 valence electrons. The molecule has 1 nitrogen and oxygen atoms in total. The second-order valence-corrected chi connectivity index (χ2v) is 1.70.